The number of hydrogen-bond acceptors (Lipinski definition) is 3. The predicted molar refractivity (Wildman–Crippen MR) is 89.1 cm³/mol. The van der Waals surface area contributed by atoms with Crippen LogP contribution in [0.1, 0.15) is 24.3 Å². The molecule has 2 aromatic carbocycles. The third kappa shape index (κ3) is 3.60. The van der Waals surface area contributed by atoms with Crippen molar-refractivity contribution in [1.29, 1.82) is 0 Å². The number of nitrogens with zero attached hydrogens (tertiary/aromatic N) is 1. The number of ether oxygens (including phenoxy) is 1. The van der Waals surface area contributed by atoms with Gasteiger partial charge in [-0.3, -0.25) is 5.21 Å². The highest BCUT2D eigenvalue weighted by Gasteiger charge is 2.35. The summed E-state index contributed by atoms with van der Waals surface area (Å²) in [7, 11) is 0. The van der Waals surface area contributed by atoms with Gasteiger partial charge in [0.05, 0.1) is 6.04 Å². The van der Waals surface area contributed by atoms with Gasteiger partial charge in [0.15, 0.2) is 5.11 Å². The Hall–Kier alpha value is -2.18. The fourth-order valence-corrected chi connectivity index (χ4v) is 2.86. The second-order valence-electron chi connectivity index (χ2n) is 5.63. The first-order valence-corrected chi connectivity index (χ1v) is 7.74. The molecule has 1 saturated carbocycles. The molecule has 23 heavy (non-hydrogen) atoms. The van der Waals surface area contributed by atoms with E-state index in [-0.39, 0.29) is 17.0 Å². The molecule has 0 aromatic heterocycles. The van der Waals surface area contributed by atoms with Crippen LogP contribution in [0.15, 0.2) is 48.5 Å². The van der Waals surface area contributed by atoms with Gasteiger partial charge in [0.25, 0.3) is 0 Å². The molecule has 4 nitrogen and oxygen atoms in total. The summed E-state index contributed by atoms with van der Waals surface area (Å²) in [6, 6.07) is 13.7. The molecular weight excluding hydrogens is 315 g/mol. The van der Waals surface area contributed by atoms with Crippen LogP contribution in [-0.2, 0) is 0 Å². The molecule has 0 spiro atoms. The lowest BCUT2D eigenvalue weighted by molar-refractivity contribution is -0.0823. The first-order chi connectivity index (χ1) is 11.0. The molecule has 0 aliphatic heterocycles. The number of rotatable bonds is 4. The monoisotopic (exact) mass is 332 g/mol. The van der Waals surface area contributed by atoms with Crippen molar-refractivity contribution in [2.45, 2.75) is 24.8 Å². The summed E-state index contributed by atoms with van der Waals surface area (Å²) in [6.45, 7) is 0. The predicted octanol–water partition coefficient (Wildman–Crippen LogP) is 3.80. The minimum atomic E-state index is -0.294. The number of halogens is 1. The maximum atomic E-state index is 12.9. The lowest BCUT2D eigenvalue weighted by Crippen LogP contribution is -2.47. The maximum absolute atomic E-state index is 12.9. The normalized spacial score (nSPS) is 19.7. The summed E-state index contributed by atoms with van der Waals surface area (Å²) < 4.78 is 18.6. The van der Waals surface area contributed by atoms with Gasteiger partial charge in [0.1, 0.15) is 17.3 Å². The summed E-state index contributed by atoms with van der Waals surface area (Å²) in [5, 5.41) is 10.7. The van der Waals surface area contributed by atoms with Crippen LogP contribution in [0, 0.1) is 5.82 Å². The molecule has 120 valence electrons. The molecule has 1 aliphatic rings. The average Bonchev–Trinajstić information content (AvgIpc) is 2.48. The van der Waals surface area contributed by atoms with Crippen molar-refractivity contribution in [3.8, 4) is 11.5 Å². The first-order valence-electron chi connectivity index (χ1n) is 7.34. The highest BCUT2D eigenvalue weighted by Crippen LogP contribution is 2.40. The fraction of sp³-hybridized carbons (Fsp3) is 0.235. The third-order valence-electron chi connectivity index (χ3n) is 4.06. The zero-order valence-corrected chi connectivity index (χ0v) is 13.2. The SMILES string of the molecule is NC(=S)N(O)[C@H]1C[C@@H](c2cccc(Oc3ccc(F)cc3)c2)C1. The number of hydroxylamine groups is 2. The fourth-order valence-electron chi connectivity index (χ4n) is 2.71. The molecule has 0 heterocycles. The van der Waals surface area contributed by atoms with Gasteiger partial charge in [-0.1, -0.05) is 12.1 Å². The molecule has 0 radical (unpaired) electrons. The zero-order valence-electron chi connectivity index (χ0n) is 12.4. The van der Waals surface area contributed by atoms with Crippen molar-refractivity contribution < 1.29 is 14.3 Å². The molecule has 6 heteroatoms. The Morgan fingerprint density at radius 2 is 1.87 bits per heavy atom. The van der Waals surface area contributed by atoms with Crippen LogP contribution in [-0.4, -0.2) is 21.4 Å². The molecule has 0 amide bonds. The molecule has 0 bridgehead atoms. The number of hydrogen-bond donors (Lipinski definition) is 2. The second kappa shape index (κ2) is 6.52. The van der Waals surface area contributed by atoms with E-state index >= 15 is 0 Å². The third-order valence-corrected chi connectivity index (χ3v) is 4.25. The van der Waals surface area contributed by atoms with E-state index in [1.54, 1.807) is 12.1 Å². The Balaban J connectivity index is 1.65. The smallest absolute Gasteiger partial charge is 0.190 e. The van der Waals surface area contributed by atoms with Crippen molar-refractivity contribution in [2.75, 3.05) is 0 Å². The lowest BCUT2D eigenvalue weighted by atomic mass is 9.75. The van der Waals surface area contributed by atoms with Gasteiger partial charge in [-0.05, 0) is 72.9 Å². The van der Waals surface area contributed by atoms with Crippen LogP contribution < -0.4 is 10.5 Å². The van der Waals surface area contributed by atoms with Crippen molar-refractivity contribution in [3.05, 3.63) is 59.9 Å². The van der Waals surface area contributed by atoms with Crippen LogP contribution in [0.2, 0.25) is 0 Å². The summed E-state index contributed by atoms with van der Waals surface area (Å²) in [5.74, 6) is 1.33. The Kier molecular flexibility index (Phi) is 4.45. The summed E-state index contributed by atoms with van der Waals surface area (Å²) >= 11 is 4.76. The first kappa shape index (κ1) is 15.7. The van der Waals surface area contributed by atoms with Crippen LogP contribution >= 0.6 is 12.2 Å². The molecule has 2 aromatic rings. The van der Waals surface area contributed by atoms with Gasteiger partial charge in [-0.15, -0.1) is 0 Å². The van der Waals surface area contributed by atoms with Crippen LogP contribution in [0.4, 0.5) is 4.39 Å². The van der Waals surface area contributed by atoms with Gasteiger partial charge < -0.3 is 10.5 Å². The topological polar surface area (TPSA) is 58.7 Å². The van der Waals surface area contributed by atoms with E-state index in [2.05, 4.69) is 0 Å². The maximum Gasteiger partial charge on any atom is 0.190 e. The number of benzene rings is 2. The number of nitrogens with two attached hydrogens (primary N) is 1. The van der Waals surface area contributed by atoms with E-state index in [0.717, 1.165) is 23.5 Å². The van der Waals surface area contributed by atoms with Gasteiger partial charge in [0.2, 0.25) is 0 Å². The van der Waals surface area contributed by atoms with E-state index in [1.807, 2.05) is 24.3 Å². The van der Waals surface area contributed by atoms with E-state index in [9.17, 15) is 9.60 Å². The molecule has 3 N–H and O–H groups in total. The van der Waals surface area contributed by atoms with Crippen LogP contribution in [0.3, 0.4) is 0 Å². The summed E-state index contributed by atoms with van der Waals surface area (Å²) in [6.07, 6.45) is 1.57. The quantitative estimate of drug-likeness (QED) is 0.659. The highest BCUT2D eigenvalue weighted by atomic mass is 32.1. The molecule has 0 unspecified atom stereocenters. The van der Waals surface area contributed by atoms with E-state index < -0.39 is 0 Å². The van der Waals surface area contributed by atoms with Crippen molar-refractivity contribution in [2.24, 2.45) is 5.73 Å². The van der Waals surface area contributed by atoms with Crippen molar-refractivity contribution >= 4 is 17.3 Å². The zero-order chi connectivity index (χ0) is 16.4. The van der Waals surface area contributed by atoms with Crippen LogP contribution in [0.25, 0.3) is 0 Å². The van der Waals surface area contributed by atoms with Crippen molar-refractivity contribution in [3.63, 3.8) is 0 Å². The molecule has 1 fully saturated rings. The van der Waals surface area contributed by atoms with E-state index in [1.165, 1.54) is 12.1 Å². The van der Waals surface area contributed by atoms with Crippen molar-refractivity contribution in [1.82, 2.24) is 5.06 Å². The highest BCUT2D eigenvalue weighted by molar-refractivity contribution is 7.80. The van der Waals surface area contributed by atoms with Crippen LogP contribution in [0.5, 0.6) is 11.5 Å². The Labute approximate surface area is 139 Å². The number of thiocarbonyl (C=S) groups is 1. The Morgan fingerprint density at radius 3 is 2.52 bits per heavy atom. The molecule has 0 atom stereocenters. The largest absolute Gasteiger partial charge is 0.457 e. The van der Waals surface area contributed by atoms with Gasteiger partial charge >= 0.3 is 0 Å². The minimum absolute atomic E-state index is 0.00171. The van der Waals surface area contributed by atoms with Gasteiger partial charge in [-0.2, -0.15) is 0 Å². The van der Waals surface area contributed by atoms with E-state index in [0.29, 0.717) is 17.4 Å². The Morgan fingerprint density at radius 1 is 1.17 bits per heavy atom. The average molecular weight is 332 g/mol. The second-order valence-corrected chi connectivity index (χ2v) is 6.05. The molecule has 1 aliphatic carbocycles. The lowest BCUT2D eigenvalue weighted by Gasteiger charge is -2.40. The molecule has 3 rings (SSSR count). The van der Waals surface area contributed by atoms with E-state index in [4.69, 9.17) is 22.7 Å². The van der Waals surface area contributed by atoms with Gasteiger partial charge in [-0.25, -0.2) is 9.45 Å². The van der Waals surface area contributed by atoms with Gasteiger partial charge in [0, 0.05) is 0 Å². The molecular formula is C17H17FN2O2S. The standard InChI is InChI=1S/C17H17FN2O2S/c18-13-4-6-15(7-5-13)22-16-3-1-2-11(10-16)12-8-14(9-12)20(21)17(19)23/h1-7,10,12,14,21H,8-9H2,(H2,19,23)/t12-,14+. The Bertz CT molecular complexity index is 702. The summed E-state index contributed by atoms with van der Waals surface area (Å²) in [4.78, 5) is 0. The minimum Gasteiger partial charge on any atom is -0.457 e. The molecule has 0 saturated heterocycles. The summed E-state index contributed by atoms with van der Waals surface area (Å²) in [5.41, 5.74) is 6.55.